The number of ether oxygens (including phenoxy) is 1. The topological polar surface area (TPSA) is 69.7 Å². The average Bonchev–Trinajstić information content (AvgIpc) is 2.69. The standard InChI is InChI=1S/C22H18ClFO5S/c1-14-10-11-15(2)21(12-14)30(26,27)29-20-9-4-3-6-16(20)22(25)28-13-17-18(23)7-5-8-19(17)24/h3-12H,13H2,1-2H3. The second kappa shape index (κ2) is 8.85. The van der Waals surface area contributed by atoms with Crippen LogP contribution in [0, 0.1) is 19.7 Å². The molecule has 0 saturated carbocycles. The van der Waals surface area contributed by atoms with Gasteiger partial charge in [0.2, 0.25) is 0 Å². The molecular formula is C22H18ClFO5S. The summed E-state index contributed by atoms with van der Waals surface area (Å²) in [4.78, 5) is 12.5. The minimum Gasteiger partial charge on any atom is -0.457 e. The van der Waals surface area contributed by atoms with Crippen molar-refractivity contribution in [2.45, 2.75) is 25.3 Å². The lowest BCUT2D eigenvalue weighted by atomic mass is 10.2. The van der Waals surface area contributed by atoms with E-state index in [2.05, 4.69) is 0 Å². The smallest absolute Gasteiger partial charge is 0.342 e. The number of carbonyl (C=O) groups excluding carboxylic acids is 1. The molecule has 8 heteroatoms. The van der Waals surface area contributed by atoms with Crippen molar-refractivity contribution in [3.8, 4) is 5.75 Å². The monoisotopic (exact) mass is 448 g/mol. The second-order valence-electron chi connectivity index (χ2n) is 6.58. The van der Waals surface area contributed by atoms with Crippen LogP contribution in [0.1, 0.15) is 27.0 Å². The Kier molecular flexibility index (Phi) is 6.43. The molecule has 3 aromatic rings. The second-order valence-corrected chi connectivity index (χ2v) is 8.50. The first-order valence-electron chi connectivity index (χ1n) is 8.90. The van der Waals surface area contributed by atoms with Crippen LogP contribution in [0.5, 0.6) is 5.75 Å². The maximum atomic E-state index is 13.9. The third-order valence-corrected chi connectivity index (χ3v) is 6.06. The molecular weight excluding hydrogens is 431 g/mol. The Morgan fingerprint density at radius 3 is 2.50 bits per heavy atom. The number of halogens is 2. The highest BCUT2D eigenvalue weighted by atomic mass is 35.5. The summed E-state index contributed by atoms with van der Waals surface area (Å²) in [6.07, 6.45) is 0. The molecule has 5 nitrogen and oxygen atoms in total. The average molecular weight is 449 g/mol. The lowest BCUT2D eigenvalue weighted by Gasteiger charge is -2.13. The zero-order valence-electron chi connectivity index (χ0n) is 16.2. The van der Waals surface area contributed by atoms with E-state index in [0.717, 1.165) is 5.56 Å². The van der Waals surface area contributed by atoms with Crippen molar-refractivity contribution in [3.63, 3.8) is 0 Å². The Morgan fingerprint density at radius 2 is 1.77 bits per heavy atom. The van der Waals surface area contributed by atoms with Crippen molar-refractivity contribution in [2.24, 2.45) is 0 Å². The first-order valence-corrected chi connectivity index (χ1v) is 10.7. The maximum Gasteiger partial charge on any atom is 0.342 e. The van der Waals surface area contributed by atoms with Crippen molar-refractivity contribution in [1.82, 2.24) is 0 Å². The summed E-state index contributed by atoms with van der Waals surface area (Å²) in [6, 6.07) is 14.8. The summed E-state index contributed by atoms with van der Waals surface area (Å²) in [5, 5.41) is 0.116. The van der Waals surface area contributed by atoms with Gasteiger partial charge in [-0.2, -0.15) is 8.42 Å². The molecule has 0 aromatic heterocycles. The van der Waals surface area contributed by atoms with E-state index in [1.807, 2.05) is 0 Å². The molecule has 3 aromatic carbocycles. The first kappa shape index (κ1) is 21.8. The van der Waals surface area contributed by atoms with Gasteiger partial charge < -0.3 is 8.92 Å². The van der Waals surface area contributed by atoms with Gasteiger partial charge >= 0.3 is 16.1 Å². The molecule has 0 fully saturated rings. The lowest BCUT2D eigenvalue weighted by Crippen LogP contribution is -2.15. The Hall–Kier alpha value is -2.90. The van der Waals surface area contributed by atoms with Gasteiger partial charge in [-0.1, -0.05) is 41.9 Å². The molecule has 30 heavy (non-hydrogen) atoms. The van der Waals surface area contributed by atoms with Crippen LogP contribution in [-0.2, 0) is 21.5 Å². The summed E-state index contributed by atoms with van der Waals surface area (Å²) in [5.74, 6) is -1.68. The number of hydrogen-bond acceptors (Lipinski definition) is 5. The fraction of sp³-hybridized carbons (Fsp3) is 0.136. The van der Waals surface area contributed by atoms with Gasteiger partial charge in [0, 0.05) is 5.56 Å². The molecule has 3 rings (SSSR count). The minimum absolute atomic E-state index is 0.00353. The molecule has 0 aliphatic rings. The van der Waals surface area contributed by atoms with Crippen molar-refractivity contribution in [1.29, 1.82) is 0 Å². The maximum absolute atomic E-state index is 13.9. The van der Waals surface area contributed by atoms with Gasteiger partial charge in [-0.3, -0.25) is 0 Å². The molecule has 0 N–H and O–H groups in total. The van der Waals surface area contributed by atoms with Crippen molar-refractivity contribution < 1.29 is 26.5 Å². The number of carbonyl (C=O) groups is 1. The molecule has 0 aliphatic carbocycles. The van der Waals surface area contributed by atoms with Gasteiger partial charge in [0.25, 0.3) is 0 Å². The molecule has 0 unspecified atom stereocenters. The first-order chi connectivity index (χ1) is 14.2. The molecule has 0 bridgehead atoms. The van der Waals surface area contributed by atoms with Gasteiger partial charge in [-0.05, 0) is 55.3 Å². The van der Waals surface area contributed by atoms with Crippen LogP contribution in [0.15, 0.2) is 65.6 Å². The lowest BCUT2D eigenvalue weighted by molar-refractivity contribution is 0.0467. The van der Waals surface area contributed by atoms with Crippen LogP contribution in [0.3, 0.4) is 0 Å². The van der Waals surface area contributed by atoms with Crippen LogP contribution < -0.4 is 4.18 Å². The fourth-order valence-electron chi connectivity index (χ4n) is 2.73. The van der Waals surface area contributed by atoms with Crippen LogP contribution in [0.2, 0.25) is 5.02 Å². The van der Waals surface area contributed by atoms with Crippen molar-refractivity contribution in [2.75, 3.05) is 0 Å². The largest absolute Gasteiger partial charge is 0.457 e. The van der Waals surface area contributed by atoms with E-state index >= 15 is 0 Å². The molecule has 156 valence electrons. The van der Waals surface area contributed by atoms with Crippen LogP contribution in [0.4, 0.5) is 4.39 Å². The number of esters is 1. The van der Waals surface area contributed by atoms with E-state index in [0.29, 0.717) is 5.56 Å². The van der Waals surface area contributed by atoms with E-state index < -0.39 is 28.5 Å². The molecule has 0 heterocycles. The van der Waals surface area contributed by atoms with Crippen LogP contribution >= 0.6 is 11.6 Å². The Labute approximate surface area is 179 Å². The number of rotatable bonds is 6. The quantitative estimate of drug-likeness (QED) is 0.382. The third kappa shape index (κ3) is 4.80. The highest BCUT2D eigenvalue weighted by Crippen LogP contribution is 2.27. The molecule has 0 saturated heterocycles. The van der Waals surface area contributed by atoms with Crippen molar-refractivity contribution >= 4 is 27.7 Å². The number of hydrogen-bond donors (Lipinski definition) is 0. The highest BCUT2D eigenvalue weighted by molar-refractivity contribution is 7.87. The zero-order chi connectivity index (χ0) is 21.9. The van der Waals surface area contributed by atoms with E-state index in [4.69, 9.17) is 20.5 Å². The van der Waals surface area contributed by atoms with Crippen LogP contribution in [0.25, 0.3) is 0 Å². The highest BCUT2D eigenvalue weighted by Gasteiger charge is 2.23. The number of aryl methyl sites for hydroxylation is 2. The Balaban J connectivity index is 1.85. The van der Waals surface area contributed by atoms with Crippen LogP contribution in [-0.4, -0.2) is 14.4 Å². The summed E-state index contributed by atoms with van der Waals surface area (Å²) >= 11 is 5.94. The Morgan fingerprint density at radius 1 is 1.03 bits per heavy atom. The number of benzene rings is 3. The van der Waals surface area contributed by atoms with E-state index in [-0.39, 0.29) is 26.8 Å². The molecule has 0 radical (unpaired) electrons. The van der Waals surface area contributed by atoms with E-state index in [1.165, 1.54) is 48.5 Å². The van der Waals surface area contributed by atoms with Gasteiger partial charge in [-0.25, -0.2) is 9.18 Å². The number of para-hydroxylation sites is 1. The summed E-state index contributed by atoms with van der Waals surface area (Å²) in [6.45, 7) is 2.99. The van der Waals surface area contributed by atoms with E-state index in [1.54, 1.807) is 26.0 Å². The predicted octanol–water partition coefficient (Wildman–Crippen LogP) is 5.22. The molecule has 0 aliphatic heterocycles. The molecule has 0 amide bonds. The van der Waals surface area contributed by atoms with Gasteiger partial charge in [-0.15, -0.1) is 0 Å². The molecule has 0 atom stereocenters. The third-order valence-electron chi connectivity index (χ3n) is 4.33. The Bertz CT molecular complexity index is 1190. The zero-order valence-corrected chi connectivity index (χ0v) is 17.8. The van der Waals surface area contributed by atoms with E-state index in [9.17, 15) is 17.6 Å². The minimum atomic E-state index is -4.19. The SMILES string of the molecule is Cc1ccc(C)c(S(=O)(=O)Oc2ccccc2C(=O)OCc2c(F)cccc2Cl)c1. The van der Waals surface area contributed by atoms with Crippen molar-refractivity contribution in [3.05, 3.63) is 93.8 Å². The van der Waals surface area contributed by atoms with Gasteiger partial charge in [0.1, 0.15) is 22.9 Å². The van der Waals surface area contributed by atoms with Gasteiger partial charge in [0.15, 0.2) is 5.75 Å². The predicted molar refractivity (Wildman–Crippen MR) is 111 cm³/mol. The fourth-order valence-corrected chi connectivity index (χ4v) is 4.22. The summed E-state index contributed by atoms with van der Waals surface area (Å²) in [5.41, 5.74) is 1.17. The molecule has 0 spiro atoms. The summed E-state index contributed by atoms with van der Waals surface area (Å²) < 4.78 is 49.8. The summed E-state index contributed by atoms with van der Waals surface area (Å²) in [7, 11) is -4.19. The normalized spacial score (nSPS) is 11.2. The van der Waals surface area contributed by atoms with Gasteiger partial charge in [0.05, 0.1) is 5.02 Å².